The second-order valence-corrected chi connectivity index (χ2v) is 12.2. The molecule has 44 heavy (non-hydrogen) atoms. The summed E-state index contributed by atoms with van der Waals surface area (Å²) < 4.78 is 0. The van der Waals surface area contributed by atoms with Crippen LogP contribution < -0.4 is 0 Å². The standard InChI is InChI=1S/C41H42.2CH3.Hf/c1-7-21-41(22-8-2,33-23-31-17-11-19-35(37(31)25-33)39-27(3)13-9-14-28(39)4)34-24-32-18-12-20-36(38(32)26-34)40-29(5)15-10-16-30(40)6;;;/h9-20,23-26H,7-8,21-22H2,1-6H3;2*1H3;/q-2;2*-1;+4. The summed E-state index contributed by atoms with van der Waals surface area (Å²) >= 11 is 0. The van der Waals surface area contributed by atoms with Crippen LogP contribution in [-0.2, 0) is 31.3 Å². The molecule has 0 amide bonds. The summed E-state index contributed by atoms with van der Waals surface area (Å²) in [5.41, 5.74) is 13.8. The summed E-state index contributed by atoms with van der Waals surface area (Å²) in [6.45, 7) is 13.7. The molecule has 0 radical (unpaired) electrons. The fourth-order valence-corrected chi connectivity index (χ4v) is 7.66. The molecular weight excluding hydrogens is 695 g/mol. The maximum absolute atomic E-state index is 2.53. The third kappa shape index (κ3) is 5.98. The van der Waals surface area contributed by atoms with Crippen molar-refractivity contribution in [3.8, 4) is 22.3 Å². The van der Waals surface area contributed by atoms with E-state index in [1.807, 2.05) is 0 Å². The Morgan fingerprint density at radius 2 is 0.864 bits per heavy atom. The van der Waals surface area contributed by atoms with Crippen LogP contribution in [0.15, 0.2) is 97.1 Å². The van der Waals surface area contributed by atoms with Gasteiger partial charge in [-0.2, -0.15) is 12.1 Å². The van der Waals surface area contributed by atoms with Gasteiger partial charge < -0.3 is 14.9 Å². The molecule has 0 spiro atoms. The summed E-state index contributed by atoms with van der Waals surface area (Å²) in [6.07, 6.45) is 4.59. The van der Waals surface area contributed by atoms with Crippen LogP contribution in [0, 0.1) is 42.5 Å². The smallest absolute Gasteiger partial charge is 0.358 e. The van der Waals surface area contributed by atoms with E-state index in [1.165, 1.54) is 77.2 Å². The maximum Gasteiger partial charge on any atom is 4.00 e. The Balaban J connectivity index is 0.00000176. The predicted molar refractivity (Wildman–Crippen MR) is 192 cm³/mol. The second kappa shape index (κ2) is 14.4. The Hall–Kier alpha value is -3.03. The quantitative estimate of drug-likeness (QED) is 0.108. The molecule has 1 heteroatoms. The summed E-state index contributed by atoms with van der Waals surface area (Å²) in [7, 11) is 0. The summed E-state index contributed by atoms with van der Waals surface area (Å²) in [4.78, 5) is 0. The SMILES string of the molecule is CCCC(CCC)(c1cc2c(-c3c(C)cccc3C)cccc2[cH-]1)c1cc2c(-c3c(C)cccc3C)cccc2[cH-]1.[CH3-].[CH3-].[Hf+4]. The van der Waals surface area contributed by atoms with Gasteiger partial charge in [0.05, 0.1) is 0 Å². The first-order valence-corrected chi connectivity index (χ1v) is 15.4. The third-order valence-electron chi connectivity index (χ3n) is 9.46. The van der Waals surface area contributed by atoms with E-state index in [0.717, 1.165) is 25.7 Å². The van der Waals surface area contributed by atoms with Crippen molar-refractivity contribution in [1.29, 1.82) is 0 Å². The van der Waals surface area contributed by atoms with Crippen LogP contribution in [-0.4, -0.2) is 0 Å². The molecule has 0 aromatic heterocycles. The van der Waals surface area contributed by atoms with Gasteiger partial charge in [0.2, 0.25) is 0 Å². The van der Waals surface area contributed by atoms with E-state index in [0.29, 0.717) is 0 Å². The summed E-state index contributed by atoms with van der Waals surface area (Å²) in [5, 5.41) is 5.46. The minimum atomic E-state index is -0.0162. The fraction of sp³-hybridized carbons (Fsp3) is 0.256. The normalized spacial score (nSPS) is 11.2. The van der Waals surface area contributed by atoms with Crippen LogP contribution in [0.25, 0.3) is 43.8 Å². The van der Waals surface area contributed by atoms with Gasteiger partial charge in [-0.05, 0) is 79.3 Å². The molecule has 6 aromatic carbocycles. The van der Waals surface area contributed by atoms with Gasteiger partial charge in [-0.25, -0.2) is 0 Å². The molecule has 0 fully saturated rings. The zero-order chi connectivity index (χ0) is 28.7. The molecule has 6 aromatic rings. The Bertz CT molecular complexity index is 1680. The molecule has 0 atom stereocenters. The molecule has 0 unspecified atom stereocenters. The molecule has 0 bridgehead atoms. The van der Waals surface area contributed by atoms with Crippen molar-refractivity contribution in [2.45, 2.75) is 72.6 Å². The number of hydrogen-bond acceptors (Lipinski definition) is 0. The number of fused-ring (bicyclic) bond motifs is 2. The van der Waals surface area contributed by atoms with E-state index in [4.69, 9.17) is 0 Å². The Kier molecular flexibility index (Phi) is 11.6. The van der Waals surface area contributed by atoms with Crippen molar-refractivity contribution < 1.29 is 25.8 Å². The first-order chi connectivity index (χ1) is 19.9. The maximum atomic E-state index is 2.53. The topological polar surface area (TPSA) is 0 Å². The number of rotatable bonds is 8. The van der Waals surface area contributed by atoms with Crippen LogP contribution in [0.4, 0.5) is 0 Å². The summed E-state index contributed by atoms with van der Waals surface area (Å²) in [6, 6.07) is 37.1. The molecule has 224 valence electrons. The van der Waals surface area contributed by atoms with Gasteiger partial charge in [-0.1, -0.05) is 86.3 Å². The van der Waals surface area contributed by atoms with Gasteiger partial charge >= 0.3 is 25.8 Å². The minimum absolute atomic E-state index is 0. The third-order valence-corrected chi connectivity index (χ3v) is 9.46. The van der Waals surface area contributed by atoms with Gasteiger partial charge in [-0.15, -0.1) is 69.1 Å². The molecule has 0 aliphatic heterocycles. The molecule has 0 N–H and O–H groups in total. The van der Waals surface area contributed by atoms with Gasteiger partial charge in [-0.3, -0.25) is 0 Å². The van der Waals surface area contributed by atoms with E-state index in [-0.39, 0.29) is 46.1 Å². The number of hydrogen-bond donors (Lipinski definition) is 0. The monoisotopic (exact) mass is 744 g/mol. The Labute approximate surface area is 286 Å². The van der Waals surface area contributed by atoms with Crippen LogP contribution >= 0.6 is 0 Å². The zero-order valence-corrected chi connectivity index (χ0v) is 31.7. The van der Waals surface area contributed by atoms with E-state index in [9.17, 15) is 0 Å². The van der Waals surface area contributed by atoms with Crippen molar-refractivity contribution in [1.82, 2.24) is 0 Å². The van der Waals surface area contributed by atoms with Crippen molar-refractivity contribution in [3.05, 3.63) is 145 Å². The molecule has 6 rings (SSSR count). The van der Waals surface area contributed by atoms with Crippen molar-refractivity contribution in [3.63, 3.8) is 0 Å². The van der Waals surface area contributed by atoms with Gasteiger partial charge in [0.1, 0.15) is 0 Å². The molecule has 0 saturated heterocycles. The van der Waals surface area contributed by atoms with E-state index in [2.05, 4.69) is 139 Å². The zero-order valence-electron chi connectivity index (χ0n) is 28.1. The minimum Gasteiger partial charge on any atom is -0.358 e. The van der Waals surface area contributed by atoms with Gasteiger partial charge in [0, 0.05) is 0 Å². The molecule has 0 aliphatic carbocycles. The number of benzene rings is 4. The van der Waals surface area contributed by atoms with Crippen molar-refractivity contribution >= 4 is 21.5 Å². The molecule has 0 aliphatic rings. The molecule has 0 nitrogen and oxygen atoms in total. The average Bonchev–Trinajstić information content (AvgIpc) is 3.59. The van der Waals surface area contributed by atoms with Crippen LogP contribution in [0.5, 0.6) is 0 Å². The number of aryl methyl sites for hydroxylation is 4. The van der Waals surface area contributed by atoms with E-state index >= 15 is 0 Å². The van der Waals surface area contributed by atoms with Gasteiger partial charge in [0.25, 0.3) is 0 Å². The molecule has 0 saturated carbocycles. The first-order valence-electron chi connectivity index (χ1n) is 15.4. The van der Waals surface area contributed by atoms with E-state index < -0.39 is 0 Å². The first kappa shape index (κ1) is 35.4. The van der Waals surface area contributed by atoms with Crippen molar-refractivity contribution in [2.24, 2.45) is 0 Å². The predicted octanol–water partition coefficient (Wildman–Crippen LogP) is 12.8. The second-order valence-electron chi connectivity index (χ2n) is 12.2. The van der Waals surface area contributed by atoms with E-state index in [1.54, 1.807) is 0 Å². The summed E-state index contributed by atoms with van der Waals surface area (Å²) in [5.74, 6) is 0. The Morgan fingerprint density at radius 1 is 0.523 bits per heavy atom. The molecular formula is C43H48Hf. The van der Waals surface area contributed by atoms with Gasteiger partial charge in [0.15, 0.2) is 0 Å². The van der Waals surface area contributed by atoms with Crippen LogP contribution in [0.1, 0.15) is 72.9 Å². The fourth-order valence-electron chi connectivity index (χ4n) is 7.66. The van der Waals surface area contributed by atoms with Crippen LogP contribution in [0.3, 0.4) is 0 Å². The largest absolute Gasteiger partial charge is 4.00 e. The average molecular weight is 743 g/mol. The Morgan fingerprint density at radius 3 is 1.20 bits per heavy atom. The molecule has 0 heterocycles. The van der Waals surface area contributed by atoms with Crippen molar-refractivity contribution in [2.75, 3.05) is 0 Å². The van der Waals surface area contributed by atoms with Crippen LogP contribution in [0.2, 0.25) is 0 Å².